The molecule has 0 aromatic carbocycles. The maximum Gasteiger partial charge on any atom is 2.00 e. The van der Waals surface area contributed by atoms with Crippen LogP contribution in [0.2, 0.25) is 0 Å². The van der Waals surface area contributed by atoms with Crippen molar-refractivity contribution in [2.45, 2.75) is 0 Å². The monoisotopic (exact) mass is 560 g/mol. The van der Waals surface area contributed by atoms with Crippen LogP contribution < -0.4 is 0 Å². The summed E-state index contributed by atoms with van der Waals surface area (Å²) in [7, 11) is 0. The normalized spacial score (nSPS) is 1.20. The van der Waals surface area contributed by atoms with E-state index in [1.54, 1.807) is 0 Å². The van der Waals surface area contributed by atoms with Crippen LogP contribution >= 0.6 is 0 Å². The summed E-state index contributed by atoms with van der Waals surface area (Å²) in [6.45, 7) is 0. The van der Waals surface area contributed by atoms with Crippen molar-refractivity contribution in [3.63, 3.8) is 0 Å². The van der Waals surface area contributed by atoms with Crippen molar-refractivity contribution in [3.8, 4) is 0 Å². The van der Waals surface area contributed by atoms with Crippen molar-refractivity contribution < 1.29 is 95.4 Å². The maximum atomic E-state index is 6.00. The molecular weight excluding hydrogens is 525 g/mol. The summed E-state index contributed by atoms with van der Waals surface area (Å²) in [5, 5.41) is 60.0. The standard InChI is InChI=1S/15Mg.5H2O2.30H/c;;;;;;;;;;;;;;;5*1-2;;;;;;;;;;;;;;;;;;;;;;;;;;;;;;/h;;;;;;;;;;;;;;;5*1-2H;;;;;;;;;;;;;;;;;;;;;;;;;;;;;;/q15*+2;;;;;;30*-1. The van der Waals surface area contributed by atoms with E-state index in [1.165, 1.54) is 0 Å². The minimum Gasteiger partial charge on any atom is -1.00 e. The largest absolute Gasteiger partial charge is 2.00 e. The molecule has 0 heterocycles. The molecule has 0 radical (unpaired) electrons. The van der Waals surface area contributed by atoms with Crippen LogP contribution in [0.3, 0.4) is 0 Å². The molecule has 0 fully saturated rings. The van der Waals surface area contributed by atoms with Crippen LogP contribution in [0.1, 0.15) is 42.8 Å². The molecule has 0 spiro atoms. The molecule has 10 N–H and O–H groups in total. The summed E-state index contributed by atoms with van der Waals surface area (Å²) < 4.78 is 0. The Kier molecular flexibility index (Phi) is 2280. The SMILES string of the molecule is OO.OO.OO.OO.OO.[H-].[H-].[H-].[H-].[H-].[H-].[H-].[H-].[H-].[H-].[H-].[H-].[H-].[H-].[H-].[H-].[H-].[H-].[H-].[H-].[H-].[H-].[H-].[H-].[H-].[H-].[H-].[H-].[H-].[H-].[Mg+2].[Mg+2].[Mg+2].[Mg+2].[Mg+2].[Mg+2].[Mg+2].[Mg+2].[Mg+2].[Mg+2].[Mg+2].[Mg+2].[Mg+2].[Mg+2].[Mg+2]. The zero-order valence-electron chi connectivity index (χ0n) is 45.1. The summed E-state index contributed by atoms with van der Waals surface area (Å²) in [4.78, 5) is 0. The van der Waals surface area contributed by atoms with Crippen LogP contribution in [0.25, 0.3) is 0 Å². The van der Waals surface area contributed by atoms with Gasteiger partial charge in [-0.25, -0.2) is 0 Å². The Balaban J connectivity index is -0.0000000000983. The second-order valence-electron chi connectivity index (χ2n) is 0. The average Bonchev–Trinajstić information content (AvgIpc) is 2.20. The summed E-state index contributed by atoms with van der Waals surface area (Å²) in [5.41, 5.74) is 0. The first kappa shape index (κ1) is 172. The molecular formula is H40Mg15O10. The quantitative estimate of drug-likeness (QED) is 0.0870. The molecule has 0 saturated carbocycles. The Bertz CT molecular complexity index is 78.9. The fraction of sp³-hybridized carbons (Fsp3) is 0. The Labute approximate surface area is 433 Å². The second-order valence-corrected chi connectivity index (χ2v) is 0. The van der Waals surface area contributed by atoms with Crippen LogP contribution in [0, 0.1) is 0 Å². The van der Waals surface area contributed by atoms with E-state index >= 15 is 0 Å². The number of rotatable bonds is 0. The Morgan fingerprint density at radius 3 is 0.160 bits per heavy atom. The molecule has 0 amide bonds. The molecule has 0 bridgehead atoms. The van der Waals surface area contributed by atoms with E-state index in [2.05, 4.69) is 0 Å². The van der Waals surface area contributed by atoms with E-state index in [4.69, 9.17) is 52.6 Å². The minimum atomic E-state index is 0. The van der Waals surface area contributed by atoms with E-state index in [-0.39, 0.29) is 389 Å². The summed E-state index contributed by atoms with van der Waals surface area (Å²) in [5.74, 6) is 0. The van der Waals surface area contributed by atoms with Crippen LogP contribution in [-0.4, -0.2) is 398 Å². The van der Waals surface area contributed by atoms with Gasteiger partial charge in [-0.1, -0.05) is 0 Å². The van der Waals surface area contributed by atoms with Crippen LogP contribution in [0.15, 0.2) is 0 Å². The molecule has 0 unspecified atom stereocenters. The number of hydrogen-bond acceptors (Lipinski definition) is 10. The molecule has 0 aliphatic carbocycles. The van der Waals surface area contributed by atoms with E-state index in [0.717, 1.165) is 0 Å². The third-order valence-electron chi connectivity index (χ3n) is 0. The first-order valence-corrected chi connectivity index (χ1v) is 1.000. The first-order chi connectivity index (χ1) is 5.00. The predicted molar refractivity (Wildman–Crippen MR) is 146 cm³/mol. The Hall–Kier alpha value is 11.1. The Morgan fingerprint density at radius 2 is 0.160 bits per heavy atom. The van der Waals surface area contributed by atoms with Crippen LogP contribution in [0.5, 0.6) is 0 Å². The molecule has 0 saturated heterocycles. The molecule has 10 nitrogen and oxygen atoms in total. The van der Waals surface area contributed by atoms with Crippen molar-refractivity contribution in [1.29, 1.82) is 0 Å². The minimum absolute atomic E-state index is 0. The molecule has 25 heavy (non-hydrogen) atoms. The molecule has 0 atom stereocenters. The molecule has 0 aromatic heterocycles. The van der Waals surface area contributed by atoms with E-state index < -0.39 is 0 Å². The van der Waals surface area contributed by atoms with Gasteiger partial charge in [0.1, 0.15) is 0 Å². The van der Waals surface area contributed by atoms with Crippen molar-refractivity contribution in [3.05, 3.63) is 0 Å². The smallest absolute Gasteiger partial charge is 1.00 e. The van der Waals surface area contributed by atoms with Gasteiger partial charge in [-0.15, -0.1) is 0 Å². The van der Waals surface area contributed by atoms with Gasteiger partial charge in [0.25, 0.3) is 0 Å². The number of hydrogen-bond donors (Lipinski definition) is 10. The van der Waals surface area contributed by atoms with Gasteiger partial charge in [0, 0.05) is 0 Å². The molecule has 130 valence electrons. The Morgan fingerprint density at radius 1 is 0.160 bits per heavy atom. The van der Waals surface area contributed by atoms with Gasteiger partial charge in [0.05, 0.1) is 0 Å². The third kappa shape index (κ3) is 312. The summed E-state index contributed by atoms with van der Waals surface area (Å²) >= 11 is 0. The van der Waals surface area contributed by atoms with Gasteiger partial charge in [0.15, 0.2) is 0 Å². The van der Waals surface area contributed by atoms with Gasteiger partial charge in [0.2, 0.25) is 0 Å². The van der Waals surface area contributed by atoms with Crippen LogP contribution in [-0.2, 0) is 0 Å². The van der Waals surface area contributed by atoms with Gasteiger partial charge < -0.3 is 42.8 Å². The molecule has 0 aromatic rings. The third-order valence-corrected chi connectivity index (χ3v) is 0. The van der Waals surface area contributed by atoms with Crippen molar-refractivity contribution in [1.82, 2.24) is 0 Å². The first-order valence-electron chi connectivity index (χ1n) is 1.000. The van der Waals surface area contributed by atoms with Crippen molar-refractivity contribution in [2.75, 3.05) is 0 Å². The summed E-state index contributed by atoms with van der Waals surface area (Å²) in [6, 6.07) is 0. The predicted octanol–water partition coefficient (Wildman–Crippen LogP) is -2.25. The zero-order valence-corrected chi connectivity index (χ0v) is 36.3. The van der Waals surface area contributed by atoms with E-state index in [0.29, 0.717) is 0 Å². The zero-order chi connectivity index (χ0) is 10.0. The second kappa shape index (κ2) is 331. The molecule has 0 aliphatic heterocycles. The topological polar surface area (TPSA) is 202 Å². The molecule has 25 heteroatoms. The maximum absolute atomic E-state index is 6.00. The molecule has 0 aliphatic rings. The summed E-state index contributed by atoms with van der Waals surface area (Å²) in [6.07, 6.45) is 0. The van der Waals surface area contributed by atoms with Gasteiger partial charge in [-0.3, -0.25) is 52.6 Å². The fourth-order valence-corrected chi connectivity index (χ4v) is 0. The van der Waals surface area contributed by atoms with Crippen molar-refractivity contribution in [2.24, 2.45) is 0 Å². The fourth-order valence-electron chi connectivity index (χ4n) is 0. The average molecular weight is 565 g/mol. The van der Waals surface area contributed by atoms with Gasteiger partial charge in [-0.2, -0.15) is 0 Å². The van der Waals surface area contributed by atoms with E-state index in [9.17, 15) is 0 Å². The van der Waals surface area contributed by atoms with E-state index in [1.807, 2.05) is 0 Å². The van der Waals surface area contributed by atoms with Gasteiger partial charge in [-0.05, 0) is 0 Å². The van der Waals surface area contributed by atoms with Crippen molar-refractivity contribution >= 4 is 346 Å². The van der Waals surface area contributed by atoms with Crippen LogP contribution in [0.4, 0.5) is 0 Å². The molecule has 0 rings (SSSR count). The van der Waals surface area contributed by atoms with Gasteiger partial charge >= 0.3 is 346 Å².